The van der Waals surface area contributed by atoms with E-state index in [1.54, 1.807) is 18.2 Å². The van der Waals surface area contributed by atoms with Crippen LogP contribution in [0, 0.1) is 0 Å². The van der Waals surface area contributed by atoms with Gasteiger partial charge in [0.1, 0.15) is 12.2 Å². The summed E-state index contributed by atoms with van der Waals surface area (Å²) in [5.74, 6) is 0.797. The van der Waals surface area contributed by atoms with Crippen LogP contribution in [0.25, 0.3) is 0 Å². The van der Waals surface area contributed by atoms with Crippen LogP contribution in [0.5, 0.6) is 11.5 Å². The van der Waals surface area contributed by atoms with Crippen molar-refractivity contribution in [2.24, 2.45) is 0 Å². The lowest BCUT2D eigenvalue weighted by Gasteiger charge is -2.29. The summed E-state index contributed by atoms with van der Waals surface area (Å²) in [6, 6.07) is 12.6. The first kappa shape index (κ1) is 16.7. The van der Waals surface area contributed by atoms with Crippen LogP contribution >= 0.6 is 11.3 Å². The zero-order chi connectivity index (χ0) is 18.0. The number of amides is 1. The van der Waals surface area contributed by atoms with Crippen molar-refractivity contribution in [2.45, 2.75) is 11.7 Å². The number of carbonyl (C=O) groups excluding carboxylic acids is 1. The second kappa shape index (κ2) is 6.86. The van der Waals surface area contributed by atoms with Crippen molar-refractivity contribution in [3.8, 4) is 11.5 Å². The molecular formula is C19H17NO5S. The predicted molar refractivity (Wildman–Crippen MR) is 95.4 cm³/mol. The third-order valence-corrected chi connectivity index (χ3v) is 5.27. The molecule has 7 heteroatoms. The largest absolute Gasteiger partial charge is 0.485 e. The minimum absolute atomic E-state index is 0.00656. The quantitative estimate of drug-likeness (QED) is 0.720. The van der Waals surface area contributed by atoms with Crippen molar-refractivity contribution < 1.29 is 23.8 Å². The van der Waals surface area contributed by atoms with Crippen molar-refractivity contribution >= 4 is 17.2 Å². The molecule has 3 aromatic rings. The van der Waals surface area contributed by atoms with E-state index >= 15 is 0 Å². The molecule has 0 bridgehead atoms. The first-order chi connectivity index (χ1) is 12.7. The number of furan rings is 1. The molecule has 0 radical (unpaired) electrons. The average molecular weight is 371 g/mol. The van der Waals surface area contributed by atoms with Gasteiger partial charge in [0.25, 0.3) is 5.91 Å². The predicted octanol–water partition coefficient (Wildman–Crippen LogP) is 2.53. The molecule has 2 aromatic heterocycles. The van der Waals surface area contributed by atoms with Gasteiger partial charge in [0.2, 0.25) is 6.10 Å². The Balaban J connectivity index is 1.48. The number of thiophene rings is 1. The molecule has 1 aliphatic heterocycles. The van der Waals surface area contributed by atoms with Crippen molar-refractivity contribution in [1.82, 2.24) is 5.32 Å². The number of fused-ring (bicyclic) bond motifs is 1. The Hall–Kier alpha value is -2.77. The third kappa shape index (κ3) is 3.07. The lowest BCUT2D eigenvalue weighted by Crippen LogP contribution is -2.48. The minimum atomic E-state index is -1.37. The highest BCUT2D eigenvalue weighted by Gasteiger charge is 2.36. The first-order valence-electron chi connectivity index (χ1n) is 8.12. The molecule has 1 aliphatic rings. The molecule has 4 rings (SSSR count). The van der Waals surface area contributed by atoms with Crippen LogP contribution in [-0.4, -0.2) is 30.3 Å². The van der Waals surface area contributed by atoms with Gasteiger partial charge in [0.05, 0.1) is 19.1 Å². The molecule has 0 saturated carbocycles. The van der Waals surface area contributed by atoms with Crippen molar-refractivity contribution in [3.63, 3.8) is 0 Å². The molecule has 134 valence electrons. The summed E-state index contributed by atoms with van der Waals surface area (Å²) < 4.78 is 16.4. The Morgan fingerprint density at radius 1 is 1.23 bits per heavy atom. The maximum Gasteiger partial charge on any atom is 0.264 e. The topological polar surface area (TPSA) is 80.9 Å². The maximum absolute atomic E-state index is 12.5. The van der Waals surface area contributed by atoms with Crippen molar-refractivity contribution in [1.29, 1.82) is 0 Å². The van der Waals surface area contributed by atoms with Crippen LogP contribution in [0.15, 0.2) is 64.8 Å². The molecule has 1 aromatic carbocycles. The average Bonchev–Trinajstić information content (AvgIpc) is 3.39. The zero-order valence-corrected chi connectivity index (χ0v) is 14.6. The first-order valence-corrected chi connectivity index (χ1v) is 9.00. The van der Waals surface area contributed by atoms with Gasteiger partial charge in [0, 0.05) is 10.4 Å². The van der Waals surface area contributed by atoms with Crippen LogP contribution < -0.4 is 14.8 Å². The lowest BCUT2D eigenvalue weighted by molar-refractivity contribution is -0.131. The number of benzene rings is 1. The molecule has 6 nitrogen and oxygen atoms in total. The Bertz CT molecular complexity index is 841. The van der Waals surface area contributed by atoms with Crippen LogP contribution in [0.2, 0.25) is 0 Å². The monoisotopic (exact) mass is 371 g/mol. The van der Waals surface area contributed by atoms with Crippen molar-refractivity contribution in [3.05, 3.63) is 70.8 Å². The zero-order valence-electron chi connectivity index (χ0n) is 13.8. The van der Waals surface area contributed by atoms with Gasteiger partial charge < -0.3 is 24.3 Å². The van der Waals surface area contributed by atoms with E-state index in [1.165, 1.54) is 23.9 Å². The molecule has 0 spiro atoms. The van der Waals surface area contributed by atoms with Gasteiger partial charge in [-0.2, -0.15) is 0 Å². The number of rotatable bonds is 5. The fourth-order valence-corrected chi connectivity index (χ4v) is 3.67. The van der Waals surface area contributed by atoms with E-state index in [2.05, 4.69) is 5.32 Å². The van der Waals surface area contributed by atoms with E-state index in [0.717, 1.165) is 0 Å². The number of ether oxygens (including phenoxy) is 2. The van der Waals surface area contributed by atoms with Crippen LogP contribution in [0.3, 0.4) is 0 Å². The summed E-state index contributed by atoms with van der Waals surface area (Å²) in [7, 11) is 0. The van der Waals surface area contributed by atoms with E-state index in [-0.39, 0.29) is 19.1 Å². The van der Waals surface area contributed by atoms with Gasteiger partial charge in [-0.1, -0.05) is 18.2 Å². The van der Waals surface area contributed by atoms with Crippen LogP contribution in [0.1, 0.15) is 10.4 Å². The number of nitrogens with one attached hydrogen (secondary N) is 1. The molecule has 0 saturated heterocycles. The van der Waals surface area contributed by atoms with Crippen LogP contribution in [-0.2, 0) is 10.4 Å². The third-order valence-electron chi connectivity index (χ3n) is 4.25. The normalized spacial score (nSPS) is 18.1. The summed E-state index contributed by atoms with van der Waals surface area (Å²) in [6.07, 6.45) is 2.19. The van der Waals surface area contributed by atoms with E-state index in [0.29, 0.717) is 21.9 Å². The smallest absolute Gasteiger partial charge is 0.264 e. The number of aliphatic hydroxyl groups is 1. The number of hydrogen-bond acceptors (Lipinski definition) is 6. The van der Waals surface area contributed by atoms with Gasteiger partial charge >= 0.3 is 0 Å². The molecule has 1 amide bonds. The highest BCUT2D eigenvalue weighted by atomic mass is 32.1. The van der Waals surface area contributed by atoms with E-state index < -0.39 is 11.7 Å². The summed E-state index contributed by atoms with van der Waals surface area (Å²) in [4.78, 5) is 13.3. The molecule has 2 atom stereocenters. The van der Waals surface area contributed by atoms with Crippen molar-refractivity contribution in [2.75, 3.05) is 13.2 Å². The number of hydrogen-bond donors (Lipinski definition) is 2. The highest BCUT2D eigenvalue weighted by molar-refractivity contribution is 7.10. The van der Waals surface area contributed by atoms with Gasteiger partial charge in [-0.3, -0.25) is 4.79 Å². The molecule has 0 aliphatic carbocycles. The highest BCUT2D eigenvalue weighted by Crippen LogP contribution is 2.33. The van der Waals surface area contributed by atoms with E-state index in [4.69, 9.17) is 13.9 Å². The van der Waals surface area contributed by atoms with Gasteiger partial charge in [-0.25, -0.2) is 0 Å². The molecule has 2 N–H and O–H groups in total. The summed E-state index contributed by atoms with van der Waals surface area (Å²) in [5.41, 5.74) is -0.795. The van der Waals surface area contributed by atoms with Gasteiger partial charge in [-0.05, 0) is 29.6 Å². The molecule has 0 unspecified atom stereocenters. The maximum atomic E-state index is 12.5. The van der Waals surface area contributed by atoms with E-state index in [1.807, 2.05) is 29.6 Å². The SMILES string of the molecule is O=C(NC[C@](O)(c1ccoc1)c1cccs1)[C@@H]1COc2ccccc2O1. The fourth-order valence-electron chi connectivity index (χ4n) is 2.82. The Kier molecular flexibility index (Phi) is 4.40. The Labute approximate surface area is 154 Å². The molecular weight excluding hydrogens is 354 g/mol. The number of carbonyl (C=O) groups is 1. The standard InChI is InChI=1S/C19H17NO5S/c21-18(16-11-24-14-4-1-2-5-15(14)25-16)20-12-19(22,13-7-8-23-10-13)17-6-3-9-26-17/h1-10,16,22H,11-12H2,(H,20,21)/t16-,19-/m0/s1. The second-order valence-electron chi connectivity index (χ2n) is 5.93. The number of para-hydroxylation sites is 2. The van der Waals surface area contributed by atoms with Crippen LogP contribution in [0.4, 0.5) is 0 Å². The molecule has 26 heavy (non-hydrogen) atoms. The van der Waals surface area contributed by atoms with Gasteiger partial charge in [0.15, 0.2) is 11.5 Å². The Morgan fingerprint density at radius 2 is 2.08 bits per heavy atom. The minimum Gasteiger partial charge on any atom is -0.485 e. The molecule has 3 heterocycles. The molecule has 0 fully saturated rings. The van der Waals surface area contributed by atoms with E-state index in [9.17, 15) is 9.90 Å². The lowest BCUT2D eigenvalue weighted by atomic mass is 9.94. The fraction of sp³-hybridized carbons (Fsp3) is 0.211. The summed E-state index contributed by atoms with van der Waals surface area (Å²) >= 11 is 1.41. The Morgan fingerprint density at radius 3 is 2.81 bits per heavy atom. The van der Waals surface area contributed by atoms with Gasteiger partial charge in [-0.15, -0.1) is 11.3 Å². The summed E-state index contributed by atoms with van der Waals surface area (Å²) in [6.45, 7) is 0.110. The summed E-state index contributed by atoms with van der Waals surface area (Å²) in [5, 5.41) is 15.8. The second-order valence-corrected chi connectivity index (χ2v) is 6.88.